The van der Waals surface area contributed by atoms with Crippen LogP contribution in [-0.4, -0.2) is 42.3 Å². The molecule has 0 atom stereocenters. The summed E-state index contributed by atoms with van der Waals surface area (Å²) < 4.78 is 25.9. The van der Waals surface area contributed by atoms with Gasteiger partial charge in [-0.15, -0.1) is 0 Å². The van der Waals surface area contributed by atoms with E-state index in [0.717, 1.165) is 0 Å². The number of methoxy groups -OCH3 is 2. The highest BCUT2D eigenvalue weighted by molar-refractivity contribution is 6.05. The fraction of sp³-hybridized carbons (Fsp3) is 0.208. The molecule has 4 aromatic rings. The minimum atomic E-state index is -0.768. The predicted octanol–water partition coefficient (Wildman–Crippen LogP) is 4.20. The number of carbonyl (C=O) groups excluding carboxylic acids is 3. The molecule has 0 aliphatic rings. The number of hydrogen-bond acceptors (Lipinski definition) is 10. The summed E-state index contributed by atoms with van der Waals surface area (Å²) in [6, 6.07) is 7.22. The third kappa shape index (κ3) is 4.13. The van der Waals surface area contributed by atoms with Crippen LogP contribution in [0, 0.1) is 20.8 Å². The number of aromatic nitrogens is 2. The topological polar surface area (TPSA) is 131 Å². The van der Waals surface area contributed by atoms with Gasteiger partial charge in [0.25, 0.3) is 5.71 Å². The van der Waals surface area contributed by atoms with Crippen molar-refractivity contribution < 1.29 is 37.5 Å². The zero-order valence-electron chi connectivity index (χ0n) is 19.0. The Morgan fingerprint density at radius 1 is 0.853 bits per heavy atom. The van der Waals surface area contributed by atoms with Crippen molar-refractivity contribution >= 4 is 29.0 Å². The molecule has 10 nitrogen and oxygen atoms in total. The Bertz CT molecular complexity index is 1410. The molecule has 0 aliphatic heterocycles. The first-order valence-electron chi connectivity index (χ1n) is 10.1. The average Bonchev–Trinajstić information content (AvgIpc) is 3.37. The summed E-state index contributed by atoms with van der Waals surface area (Å²) >= 11 is 0. The van der Waals surface area contributed by atoms with Crippen LogP contribution in [0.2, 0.25) is 0 Å². The maximum Gasteiger partial charge on any atom is 0.344 e. The van der Waals surface area contributed by atoms with E-state index in [1.807, 2.05) is 0 Å². The molecular weight excluding hydrogens is 444 g/mol. The molecular formula is C24H20N2O8. The van der Waals surface area contributed by atoms with Gasteiger partial charge in [0.15, 0.2) is 0 Å². The highest BCUT2D eigenvalue weighted by Gasteiger charge is 2.23. The Balaban J connectivity index is 1.80. The van der Waals surface area contributed by atoms with Gasteiger partial charge in [0, 0.05) is 5.56 Å². The fourth-order valence-electron chi connectivity index (χ4n) is 3.57. The van der Waals surface area contributed by atoms with Gasteiger partial charge in [0.05, 0.1) is 47.7 Å². The molecule has 3 aromatic heterocycles. The second-order valence-electron chi connectivity index (χ2n) is 7.45. The van der Waals surface area contributed by atoms with Gasteiger partial charge in [-0.25, -0.2) is 19.4 Å². The molecule has 0 amide bonds. The minimum Gasteiger partial charge on any atom is -0.466 e. The number of carbonyl (C=O) groups is 3. The first-order chi connectivity index (χ1) is 16.2. The van der Waals surface area contributed by atoms with E-state index in [1.165, 1.54) is 32.4 Å². The van der Waals surface area contributed by atoms with Gasteiger partial charge in [0.2, 0.25) is 0 Å². The molecule has 0 unspecified atom stereocenters. The Labute approximate surface area is 193 Å². The predicted molar refractivity (Wildman–Crippen MR) is 118 cm³/mol. The molecule has 0 N–H and O–H groups in total. The van der Waals surface area contributed by atoms with Crippen molar-refractivity contribution in [3.05, 3.63) is 64.2 Å². The summed E-state index contributed by atoms with van der Waals surface area (Å²) in [5.74, 6) is -0.940. The van der Waals surface area contributed by atoms with E-state index < -0.39 is 17.9 Å². The van der Waals surface area contributed by atoms with Crippen LogP contribution in [0.1, 0.15) is 48.3 Å². The molecule has 10 heteroatoms. The molecule has 0 spiro atoms. The zero-order valence-corrected chi connectivity index (χ0v) is 19.0. The third-order valence-electron chi connectivity index (χ3n) is 5.11. The Kier molecular flexibility index (Phi) is 5.89. The molecule has 174 valence electrons. The quantitative estimate of drug-likeness (QED) is 0.313. The van der Waals surface area contributed by atoms with Crippen LogP contribution >= 0.6 is 0 Å². The van der Waals surface area contributed by atoms with E-state index in [2.05, 4.69) is 10.1 Å². The van der Waals surface area contributed by atoms with Gasteiger partial charge in [-0.3, -0.25) is 0 Å². The van der Waals surface area contributed by atoms with Crippen molar-refractivity contribution in [2.24, 2.45) is 0 Å². The molecule has 1 aromatic carbocycles. The summed E-state index contributed by atoms with van der Waals surface area (Å²) in [7, 11) is 2.39. The van der Waals surface area contributed by atoms with Crippen LogP contribution in [-0.2, 0) is 9.47 Å². The first-order valence-corrected chi connectivity index (χ1v) is 10.1. The van der Waals surface area contributed by atoms with Crippen molar-refractivity contribution in [3.63, 3.8) is 0 Å². The van der Waals surface area contributed by atoms with Crippen LogP contribution in [0.3, 0.4) is 0 Å². The monoisotopic (exact) mass is 464 g/mol. The van der Waals surface area contributed by atoms with E-state index in [-0.39, 0.29) is 28.2 Å². The van der Waals surface area contributed by atoms with Crippen molar-refractivity contribution in [2.75, 3.05) is 14.2 Å². The van der Waals surface area contributed by atoms with Gasteiger partial charge >= 0.3 is 17.9 Å². The molecule has 4 rings (SSSR count). The molecule has 0 fully saturated rings. The van der Waals surface area contributed by atoms with Crippen LogP contribution in [0.15, 0.2) is 39.3 Å². The van der Waals surface area contributed by atoms with Crippen molar-refractivity contribution in [2.45, 2.75) is 20.8 Å². The lowest BCUT2D eigenvalue weighted by Crippen LogP contribution is -2.12. The minimum absolute atomic E-state index is 0.0134. The van der Waals surface area contributed by atoms with Crippen molar-refractivity contribution in [1.29, 1.82) is 0 Å². The van der Waals surface area contributed by atoms with E-state index in [0.29, 0.717) is 33.9 Å². The van der Waals surface area contributed by atoms with Crippen LogP contribution in [0.25, 0.3) is 22.4 Å². The lowest BCUT2D eigenvalue weighted by atomic mass is 10.1. The average molecular weight is 464 g/mol. The number of benzene rings is 1. The van der Waals surface area contributed by atoms with E-state index in [9.17, 15) is 14.4 Å². The number of fused-ring (bicyclic) bond motifs is 1. The second kappa shape index (κ2) is 8.81. The van der Waals surface area contributed by atoms with Gasteiger partial charge in [-0.05, 0) is 51.1 Å². The maximum absolute atomic E-state index is 13.3. The van der Waals surface area contributed by atoms with Gasteiger partial charge in [0.1, 0.15) is 17.3 Å². The van der Waals surface area contributed by atoms with Crippen LogP contribution in [0.4, 0.5) is 0 Å². The summed E-state index contributed by atoms with van der Waals surface area (Å²) in [5, 5.41) is 4.29. The number of hydrogen-bond donors (Lipinski definition) is 0. The van der Waals surface area contributed by atoms with Crippen molar-refractivity contribution in [1.82, 2.24) is 10.1 Å². The number of rotatable bonds is 5. The van der Waals surface area contributed by atoms with E-state index in [4.69, 9.17) is 23.2 Å². The number of esters is 3. The Hall–Kier alpha value is -4.47. The maximum atomic E-state index is 13.3. The molecule has 0 saturated carbocycles. The van der Waals surface area contributed by atoms with Gasteiger partial charge in [-0.1, -0.05) is 5.16 Å². The summed E-state index contributed by atoms with van der Waals surface area (Å²) in [4.78, 5) is 41.9. The molecule has 0 bridgehead atoms. The largest absolute Gasteiger partial charge is 0.466 e. The molecule has 3 heterocycles. The number of ether oxygens (including phenoxy) is 3. The first kappa shape index (κ1) is 22.7. The Morgan fingerprint density at radius 2 is 1.50 bits per heavy atom. The zero-order chi connectivity index (χ0) is 24.6. The molecule has 0 saturated heterocycles. The Morgan fingerprint density at radius 3 is 2.06 bits per heavy atom. The number of furan rings is 1. The standard InChI is InChI=1S/C24H20N2O8/c1-11-6-17(13(3)32-11)19-10-18(20-12(2)26-34-21(20)25-19)24(29)33-16-8-14(22(27)30-4)7-15(9-16)23(28)31-5/h6-10H,1-5H3. The number of aryl methyl sites for hydroxylation is 3. The van der Waals surface area contributed by atoms with Crippen LogP contribution < -0.4 is 4.74 Å². The molecule has 0 radical (unpaired) electrons. The summed E-state index contributed by atoms with van der Waals surface area (Å²) in [6.07, 6.45) is 0. The normalized spacial score (nSPS) is 10.9. The van der Waals surface area contributed by atoms with Crippen molar-refractivity contribution in [3.8, 4) is 17.0 Å². The SMILES string of the molecule is COC(=O)c1cc(OC(=O)c2cc(-c3cc(C)oc3C)nc3onc(C)c23)cc(C(=O)OC)c1. The number of nitrogens with zero attached hydrogens (tertiary/aromatic N) is 2. The van der Waals surface area contributed by atoms with E-state index >= 15 is 0 Å². The lowest BCUT2D eigenvalue weighted by Gasteiger charge is -2.10. The lowest BCUT2D eigenvalue weighted by molar-refractivity contribution is 0.0593. The smallest absolute Gasteiger partial charge is 0.344 e. The summed E-state index contributed by atoms with van der Waals surface area (Å²) in [6.45, 7) is 5.25. The van der Waals surface area contributed by atoms with Gasteiger partial charge in [-0.2, -0.15) is 0 Å². The van der Waals surface area contributed by atoms with Crippen LogP contribution in [0.5, 0.6) is 5.75 Å². The molecule has 34 heavy (non-hydrogen) atoms. The van der Waals surface area contributed by atoms with E-state index in [1.54, 1.807) is 32.9 Å². The molecule has 0 aliphatic carbocycles. The summed E-state index contributed by atoms with van der Waals surface area (Å²) in [5.41, 5.74) is 1.88. The second-order valence-corrected chi connectivity index (χ2v) is 7.45. The number of pyridine rings is 1. The fourth-order valence-corrected chi connectivity index (χ4v) is 3.57. The van der Waals surface area contributed by atoms with Gasteiger partial charge < -0.3 is 23.2 Å². The highest BCUT2D eigenvalue weighted by Crippen LogP contribution is 2.31. The highest BCUT2D eigenvalue weighted by atomic mass is 16.5. The third-order valence-corrected chi connectivity index (χ3v) is 5.11.